The van der Waals surface area contributed by atoms with Gasteiger partial charge in [-0.25, -0.2) is 4.79 Å². The van der Waals surface area contributed by atoms with E-state index in [1.165, 1.54) is 6.07 Å². The molecule has 0 aliphatic carbocycles. The van der Waals surface area contributed by atoms with Gasteiger partial charge in [0.2, 0.25) is 0 Å². The van der Waals surface area contributed by atoms with Crippen LogP contribution in [0.5, 0.6) is 5.75 Å². The minimum Gasteiger partial charge on any atom is -0.475 e. The van der Waals surface area contributed by atoms with Gasteiger partial charge in [0.15, 0.2) is 5.60 Å². The van der Waals surface area contributed by atoms with Crippen LogP contribution in [0.4, 0.5) is 0 Å². The minimum absolute atomic E-state index is 0.361. The van der Waals surface area contributed by atoms with Crippen molar-refractivity contribution >= 4 is 11.0 Å². The van der Waals surface area contributed by atoms with Crippen molar-refractivity contribution in [1.82, 2.24) is 0 Å². The molecule has 0 N–H and O–H groups in total. The molecule has 0 bridgehead atoms. The van der Waals surface area contributed by atoms with E-state index in [2.05, 4.69) is 12.8 Å². The molecule has 0 radical (unpaired) electrons. The molecule has 1 unspecified atom stereocenters. The van der Waals surface area contributed by atoms with E-state index < -0.39 is 5.60 Å². The Morgan fingerprint density at radius 1 is 1.40 bits per heavy atom. The number of terminal acetylenes is 1. The lowest BCUT2D eigenvalue weighted by Gasteiger charge is -2.24. The van der Waals surface area contributed by atoms with E-state index in [4.69, 9.17) is 15.6 Å². The Bertz CT molecular complexity index is 721. The second-order valence-electron chi connectivity index (χ2n) is 5.13. The second kappa shape index (κ2) is 5.42. The summed E-state index contributed by atoms with van der Waals surface area (Å²) in [6.45, 7) is 5.82. The molecule has 104 valence electrons. The molecule has 0 aliphatic rings. The molecule has 1 aromatic heterocycles. The summed E-state index contributed by atoms with van der Waals surface area (Å²) in [7, 11) is 0. The molecule has 2 rings (SSSR count). The Morgan fingerprint density at radius 2 is 2.15 bits per heavy atom. The number of benzene rings is 1. The van der Waals surface area contributed by atoms with Crippen LogP contribution in [-0.2, 0) is 0 Å². The van der Waals surface area contributed by atoms with Crippen molar-refractivity contribution in [2.75, 3.05) is 0 Å². The van der Waals surface area contributed by atoms with E-state index in [0.717, 1.165) is 23.8 Å². The summed E-state index contributed by atoms with van der Waals surface area (Å²) in [5, 5.41) is 0.898. The fourth-order valence-corrected chi connectivity index (χ4v) is 2.26. The number of hydrogen-bond donors (Lipinski definition) is 0. The average Bonchev–Trinajstić information content (AvgIpc) is 2.38. The molecule has 3 nitrogen and oxygen atoms in total. The summed E-state index contributed by atoms with van der Waals surface area (Å²) in [6.07, 6.45) is 7.25. The van der Waals surface area contributed by atoms with Crippen molar-refractivity contribution in [1.29, 1.82) is 0 Å². The molecule has 1 atom stereocenters. The lowest BCUT2D eigenvalue weighted by molar-refractivity contribution is 0.140. The van der Waals surface area contributed by atoms with E-state index >= 15 is 0 Å². The first kappa shape index (κ1) is 14.2. The summed E-state index contributed by atoms with van der Waals surface area (Å²) < 4.78 is 11.1. The SMILES string of the molecule is C#CC(C)(CCC)Oc1ccc2c(C)cc(=O)oc2c1. The van der Waals surface area contributed by atoms with E-state index in [1.54, 1.807) is 6.07 Å². The number of ether oxygens (including phenoxy) is 1. The predicted octanol–water partition coefficient (Wildman–Crippen LogP) is 3.67. The molecule has 0 fully saturated rings. The van der Waals surface area contributed by atoms with Crippen molar-refractivity contribution < 1.29 is 9.15 Å². The van der Waals surface area contributed by atoms with E-state index in [1.807, 2.05) is 26.0 Å². The van der Waals surface area contributed by atoms with Gasteiger partial charge in [-0.3, -0.25) is 0 Å². The standard InChI is InChI=1S/C17H18O3/c1-5-9-17(4,6-2)20-13-7-8-14-12(3)10-16(18)19-15(14)11-13/h2,7-8,10-11H,5,9H2,1,3-4H3. The fourth-order valence-electron chi connectivity index (χ4n) is 2.26. The first-order valence-electron chi connectivity index (χ1n) is 6.69. The lowest BCUT2D eigenvalue weighted by atomic mass is 10.0. The molecular formula is C17H18O3. The molecule has 0 aliphatic heterocycles. The van der Waals surface area contributed by atoms with Gasteiger partial charge in [-0.15, -0.1) is 6.42 Å². The van der Waals surface area contributed by atoms with Crippen molar-refractivity contribution in [3.63, 3.8) is 0 Å². The molecule has 0 amide bonds. The maximum absolute atomic E-state index is 11.4. The summed E-state index contributed by atoms with van der Waals surface area (Å²) in [4.78, 5) is 11.4. The number of fused-ring (bicyclic) bond motifs is 1. The number of aryl methyl sites for hydroxylation is 1. The summed E-state index contributed by atoms with van der Waals surface area (Å²) in [6, 6.07) is 6.92. The van der Waals surface area contributed by atoms with E-state index in [0.29, 0.717) is 11.3 Å². The lowest BCUT2D eigenvalue weighted by Crippen LogP contribution is -2.30. The highest BCUT2D eigenvalue weighted by Crippen LogP contribution is 2.26. The van der Waals surface area contributed by atoms with Crippen LogP contribution in [0.2, 0.25) is 0 Å². The summed E-state index contributed by atoms with van der Waals surface area (Å²) in [5.41, 5.74) is 0.395. The van der Waals surface area contributed by atoms with Crippen LogP contribution in [0.1, 0.15) is 32.3 Å². The predicted molar refractivity (Wildman–Crippen MR) is 80.0 cm³/mol. The Balaban J connectivity index is 2.42. The van der Waals surface area contributed by atoms with Gasteiger partial charge >= 0.3 is 5.63 Å². The van der Waals surface area contributed by atoms with Crippen LogP contribution in [0, 0.1) is 19.3 Å². The summed E-state index contributed by atoms with van der Waals surface area (Å²) >= 11 is 0. The Hall–Kier alpha value is -2.21. The van der Waals surface area contributed by atoms with Gasteiger partial charge in [-0.1, -0.05) is 19.3 Å². The maximum Gasteiger partial charge on any atom is 0.336 e. The highest BCUT2D eigenvalue weighted by molar-refractivity contribution is 5.81. The first-order valence-corrected chi connectivity index (χ1v) is 6.69. The highest BCUT2D eigenvalue weighted by atomic mass is 16.5. The zero-order valence-corrected chi connectivity index (χ0v) is 12.0. The van der Waals surface area contributed by atoms with Gasteiger partial charge in [0.1, 0.15) is 11.3 Å². The van der Waals surface area contributed by atoms with Gasteiger partial charge in [0.25, 0.3) is 0 Å². The van der Waals surface area contributed by atoms with Crippen LogP contribution in [0.15, 0.2) is 33.5 Å². The quantitative estimate of drug-likeness (QED) is 0.628. The van der Waals surface area contributed by atoms with Crippen molar-refractivity contribution in [2.45, 2.75) is 39.2 Å². The number of hydrogen-bond acceptors (Lipinski definition) is 3. The van der Waals surface area contributed by atoms with Crippen LogP contribution < -0.4 is 10.4 Å². The monoisotopic (exact) mass is 270 g/mol. The Morgan fingerprint density at radius 3 is 2.80 bits per heavy atom. The molecule has 3 heteroatoms. The van der Waals surface area contributed by atoms with E-state index in [9.17, 15) is 4.79 Å². The smallest absolute Gasteiger partial charge is 0.336 e. The number of rotatable bonds is 4. The third-order valence-electron chi connectivity index (χ3n) is 3.30. The van der Waals surface area contributed by atoms with Crippen molar-refractivity contribution in [3.8, 4) is 18.1 Å². The average molecular weight is 270 g/mol. The zero-order chi connectivity index (χ0) is 14.8. The topological polar surface area (TPSA) is 39.4 Å². The fraction of sp³-hybridized carbons (Fsp3) is 0.353. The minimum atomic E-state index is -0.646. The normalized spacial score (nSPS) is 13.7. The first-order chi connectivity index (χ1) is 9.47. The van der Waals surface area contributed by atoms with Gasteiger partial charge in [0.05, 0.1) is 0 Å². The van der Waals surface area contributed by atoms with Gasteiger partial charge in [-0.2, -0.15) is 0 Å². The second-order valence-corrected chi connectivity index (χ2v) is 5.13. The highest BCUT2D eigenvalue weighted by Gasteiger charge is 2.22. The van der Waals surface area contributed by atoms with Crippen LogP contribution in [0.3, 0.4) is 0 Å². The van der Waals surface area contributed by atoms with Crippen LogP contribution in [0.25, 0.3) is 11.0 Å². The van der Waals surface area contributed by atoms with Crippen LogP contribution >= 0.6 is 0 Å². The van der Waals surface area contributed by atoms with Crippen molar-refractivity contribution in [3.05, 3.63) is 40.2 Å². The van der Waals surface area contributed by atoms with Crippen LogP contribution in [-0.4, -0.2) is 5.60 Å². The molecule has 1 heterocycles. The van der Waals surface area contributed by atoms with Crippen molar-refractivity contribution in [2.24, 2.45) is 0 Å². The Kier molecular flexibility index (Phi) is 3.85. The van der Waals surface area contributed by atoms with Gasteiger partial charge in [-0.05, 0) is 38.0 Å². The zero-order valence-electron chi connectivity index (χ0n) is 12.0. The van der Waals surface area contributed by atoms with E-state index in [-0.39, 0.29) is 5.63 Å². The largest absolute Gasteiger partial charge is 0.475 e. The molecule has 0 saturated heterocycles. The molecular weight excluding hydrogens is 252 g/mol. The third kappa shape index (κ3) is 2.85. The Labute approximate surface area is 118 Å². The molecule has 1 aromatic carbocycles. The summed E-state index contributed by atoms with van der Waals surface area (Å²) in [5.74, 6) is 3.30. The third-order valence-corrected chi connectivity index (χ3v) is 3.30. The molecule has 0 saturated carbocycles. The molecule has 20 heavy (non-hydrogen) atoms. The molecule has 0 spiro atoms. The van der Waals surface area contributed by atoms with Gasteiger partial charge < -0.3 is 9.15 Å². The van der Waals surface area contributed by atoms with Gasteiger partial charge in [0, 0.05) is 17.5 Å². The molecule has 2 aromatic rings. The maximum atomic E-state index is 11.4.